The van der Waals surface area contributed by atoms with E-state index in [1.54, 1.807) is 18.4 Å². The Morgan fingerprint density at radius 2 is 2.00 bits per heavy atom. The average Bonchev–Trinajstić information content (AvgIpc) is 2.81. The van der Waals surface area contributed by atoms with Crippen LogP contribution in [0.15, 0.2) is 23.3 Å². The van der Waals surface area contributed by atoms with Gasteiger partial charge in [-0.2, -0.15) is 5.10 Å². The van der Waals surface area contributed by atoms with Crippen LogP contribution in [-0.4, -0.2) is 36.8 Å². The van der Waals surface area contributed by atoms with Gasteiger partial charge in [0.2, 0.25) is 5.91 Å². The maximum absolute atomic E-state index is 12.4. The number of nitrogens with zero attached hydrogens (tertiary/aromatic N) is 2. The molecule has 1 amide bonds. The Kier molecular flexibility index (Phi) is 5.15. The van der Waals surface area contributed by atoms with Crippen LogP contribution in [0.1, 0.15) is 22.9 Å². The Hall–Kier alpha value is -2.21. The van der Waals surface area contributed by atoms with Gasteiger partial charge in [0.05, 0.1) is 13.5 Å². The van der Waals surface area contributed by atoms with Crippen molar-refractivity contribution < 1.29 is 14.3 Å². The van der Waals surface area contributed by atoms with Crippen LogP contribution in [0.25, 0.3) is 10.1 Å². The summed E-state index contributed by atoms with van der Waals surface area (Å²) >= 11 is 1.68. The number of aryl methyl sites for hydroxylation is 2. The number of carbonyl (C=O) groups is 2. The second kappa shape index (κ2) is 6.91. The van der Waals surface area contributed by atoms with Crippen LogP contribution in [0.2, 0.25) is 0 Å². The van der Waals surface area contributed by atoms with E-state index in [9.17, 15) is 9.59 Å². The lowest BCUT2D eigenvalue weighted by molar-refractivity contribution is -0.132. The maximum atomic E-state index is 12.4. The van der Waals surface area contributed by atoms with Gasteiger partial charge in [0.15, 0.2) is 0 Å². The largest absolute Gasteiger partial charge is 0.464 e. The van der Waals surface area contributed by atoms with E-state index in [0.29, 0.717) is 0 Å². The van der Waals surface area contributed by atoms with Crippen molar-refractivity contribution in [3.05, 3.63) is 34.2 Å². The lowest BCUT2D eigenvalue weighted by Gasteiger charge is -2.12. The minimum atomic E-state index is -0.544. The molecule has 0 fully saturated rings. The van der Waals surface area contributed by atoms with Crippen LogP contribution in [0.5, 0.6) is 0 Å². The van der Waals surface area contributed by atoms with E-state index >= 15 is 0 Å². The number of methoxy groups -OCH3 is 1. The van der Waals surface area contributed by atoms with Crippen LogP contribution in [0, 0.1) is 13.8 Å². The number of rotatable bonds is 4. The standard InChI is InChI=1S/C17H20N2O3S/c1-10-6-7-15-14(8-10)13(12(3)23-15)9-16(20)19(4)18-11(2)17(21)22-5/h6-8H,9H2,1-5H3. The Bertz CT molecular complexity index is 792. The molecule has 1 aromatic carbocycles. The third-order valence-corrected chi connectivity index (χ3v) is 4.75. The van der Waals surface area contributed by atoms with E-state index in [1.165, 1.54) is 23.7 Å². The van der Waals surface area contributed by atoms with Crippen molar-refractivity contribution in [2.75, 3.05) is 14.2 Å². The molecular formula is C17H20N2O3S. The number of carbonyl (C=O) groups excluding carboxylic acids is 2. The van der Waals surface area contributed by atoms with Crippen molar-refractivity contribution >= 4 is 39.0 Å². The van der Waals surface area contributed by atoms with Crippen molar-refractivity contribution in [2.24, 2.45) is 5.10 Å². The molecule has 2 aromatic rings. The Labute approximate surface area is 139 Å². The van der Waals surface area contributed by atoms with Crippen LogP contribution in [0.4, 0.5) is 0 Å². The Balaban J connectivity index is 2.25. The molecule has 0 aliphatic rings. The van der Waals surface area contributed by atoms with Gasteiger partial charge in [0.25, 0.3) is 0 Å². The van der Waals surface area contributed by atoms with Crippen LogP contribution < -0.4 is 0 Å². The zero-order valence-electron chi connectivity index (χ0n) is 14.0. The minimum absolute atomic E-state index is 0.145. The number of hydrogen-bond donors (Lipinski definition) is 0. The van der Waals surface area contributed by atoms with Gasteiger partial charge >= 0.3 is 5.97 Å². The first-order valence-electron chi connectivity index (χ1n) is 7.22. The molecule has 2 rings (SSSR count). The Morgan fingerprint density at radius 3 is 2.65 bits per heavy atom. The molecule has 0 aliphatic heterocycles. The summed E-state index contributed by atoms with van der Waals surface area (Å²) in [7, 11) is 2.83. The van der Waals surface area contributed by atoms with Crippen molar-refractivity contribution in [1.29, 1.82) is 0 Å². The number of hydrazone groups is 1. The molecule has 0 bridgehead atoms. The van der Waals surface area contributed by atoms with E-state index in [0.717, 1.165) is 21.4 Å². The van der Waals surface area contributed by atoms with E-state index in [2.05, 4.69) is 28.0 Å². The highest BCUT2D eigenvalue weighted by Crippen LogP contribution is 2.32. The van der Waals surface area contributed by atoms with Gasteiger partial charge in [0, 0.05) is 16.6 Å². The van der Waals surface area contributed by atoms with E-state index in [4.69, 9.17) is 0 Å². The second-order valence-electron chi connectivity index (χ2n) is 5.41. The molecule has 0 N–H and O–H groups in total. The molecule has 6 heteroatoms. The average molecular weight is 332 g/mol. The predicted octanol–water partition coefficient (Wildman–Crippen LogP) is 3.07. The molecule has 23 heavy (non-hydrogen) atoms. The van der Waals surface area contributed by atoms with Crippen molar-refractivity contribution in [3.8, 4) is 0 Å². The number of ether oxygens (including phenoxy) is 1. The number of benzene rings is 1. The molecule has 1 aromatic heterocycles. The molecule has 0 saturated carbocycles. The monoisotopic (exact) mass is 332 g/mol. The van der Waals surface area contributed by atoms with Gasteiger partial charge in [-0.1, -0.05) is 17.7 Å². The van der Waals surface area contributed by atoms with Crippen LogP contribution >= 0.6 is 11.3 Å². The van der Waals surface area contributed by atoms with E-state index < -0.39 is 5.97 Å². The van der Waals surface area contributed by atoms with Crippen LogP contribution in [0.3, 0.4) is 0 Å². The zero-order valence-corrected chi connectivity index (χ0v) is 14.8. The lowest BCUT2D eigenvalue weighted by Crippen LogP contribution is -2.26. The fraction of sp³-hybridized carbons (Fsp3) is 0.353. The third kappa shape index (κ3) is 3.76. The van der Waals surface area contributed by atoms with Gasteiger partial charge in [-0.15, -0.1) is 11.3 Å². The first kappa shape index (κ1) is 17.1. The highest BCUT2D eigenvalue weighted by atomic mass is 32.1. The number of hydrogen-bond acceptors (Lipinski definition) is 5. The summed E-state index contributed by atoms with van der Waals surface area (Å²) in [4.78, 5) is 24.9. The number of likely N-dealkylation sites (N-methyl/N-ethyl adjacent to an activating group) is 1. The summed E-state index contributed by atoms with van der Waals surface area (Å²) in [6.45, 7) is 5.57. The summed E-state index contributed by atoms with van der Waals surface area (Å²) in [5.74, 6) is -0.713. The summed E-state index contributed by atoms with van der Waals surface area (Å²) in [5.41, 5.74) is 2.33. The number of fused-ring (bicyclic) bond motifs is 1. The Morgan fingerprint density at radius 1 is 1.30 bits per heavy atom. The summed E-state index contributed by atoms with van der Waals surface area (Å²) in [6, 6.07) is 6.25. The summed E-state index contributed by atoms with van der Waals surface area (Å²) in [6.07, 6.45) is 0.254. The second-order valence-corrected chi connectivity index (χ2v) is 6.66. The highest BCUT2D eigenvalue weighted by Gasteiger charge is 2.17. The zero-order chi connectivity index (χ0) is 17.1. The number of esters is 1. The molecule has 0 radical (unpaired) electrons. The van der Waals surface area contributed by atoms with Crippen molar-refractivity contribution in [1.82, 2.24) is 5.01 Å². The van der Waals surface area contributed by atoms with Gasteiger partial charge < -0.3 is 4.74 Å². The smallest absolute Gasteiger partial charge is 0.353 e. The predicted molar refractivity (Wildman–Crippen MR) is 92.9 cm³/mol. The van der Waals surface area contributed by atoms with Gasteiger partial charge in [-0.3, -0.25) is 4.79 Å². The van der Waals surface area contributed by atoms with Crippen molar-refractivity contribution in [2.45, 2.75) is 27.2 Å². The molecule has 5 nitrogen and oxygen atoms in total. The number of thiophene rings is 1. The third-order valence-electron chi connectivity index (χ3n) is 3.62. The normalized spacial score (nSPS) is 11.6. The van der Waals surface area contributed by atoms with Gasteiger partial charge in [-0.25, -0.2) is 9.80 Å². The molecular weight excluding hydrogens is 312 g/mol. The highest BCUT2D eigenvalue weighted by molar-refractivity contribution is 7.19. The van der Waals surface area contributed by atoms with Crippen LogP contribution in [-0.2, 0) is 20.7 Å². The van der Waals surface area contributed by atoms with Crippen molar-refractivity contribution in [3.63, 3.8) is 0 Å². The molecule has 0 saturated heterocycles. The molecule has 1 heterocycles. The van der Waals surface area contributed by atoms with E-state index in [-0.39, 0.29) is 18.0 Å². The SMILES string of the molecule is COC(=O)C(C)=NN(C)C(=O)Cc1c(C)sc2ccc(C)cc12. The first-order chi connectivity index (χ1) is 10.8. The number of amides is 1. The molecule has 0 spiro atoms. The maximum Gasteiger partial charge on any atom is 0.353 e. The quantitative estimate of drug-likeness (QED) is 0.491. The van der Waals surface area contributed by atoms with Gasteiger partial charge in [0.1, 0.15) is 5.71 Å². The fourth-order valence-corrected chi connectivity index (χ4v) is 3.40. The summed E-state index contributed by atoms with van der Waals surface area (Å²) < 4.78 is 5.76. The van der Waals surface area contributed by atoms with Gasteiger partial charge in [-0.05, 0) is 37.8 Å². The minimum Gasteiger partial charge on any atom is -0.464 e. The summed E-state index contributed by atoms with van der Waals surface area (Å²) in [5, 5.41) is 6.30. The van der Waals surface area contributed by atoms with E-state index in [1.807, 2.05) is 13.8 Å². The molecule has 0 atom stereocenters. The molecule has 122 valence electrons. The topological polar surface area (TPSA) is 59.0 Å². The molecule has 0 aliphatic carbocycles. The fourth-order valence-electron chi connectivity index (χ4n) is 2.34. The lowest BCUT2D eigenvalue weighted by atomic mass is 10.1. The molecule has 0 unspecified atom stereocenters. The first-order valence-corrected chi connectivity index (χ1v) is 8.03.